The predicted octanol–water partition coefficient (Wildman–Crippen LogP) is 3.23. The van der Waals surface area contributed by atoms with Crippen LogP contribution in [0.4, 0.5) is 0 Å². The van der Waals surface area contributed by atoms with Gasteiger partial charge in [0, 0.05) is 13.0 Å². The summed E-state index contributed by atoms with van der Waals surface area (Å²) >= 11 is 0. The van der Waals surface area contributed by atoms with Gasteiger partial charge in [0.1, 0.15) is 12.6 Å². The first-order valence-corrected chi connectivity index (χ1v) is 7.88. The first-order chi connectivity index (χ1) is 10.2. The van der Waals surface area contributed by atoms with E-state index in [1.54, 1.807) is 11.0 Å². The van der Waals surface area contributed by atoms with E-state index >= 15 is 0 Å². The maximum atomic E-state index is 12.2. The van der Waals surface area contributed by atoms with Gasteiger partial charge in [-0.25, -0.2) is 4.79 Å². The number of nitrogens with zero attached hydrogens (tertiary/aromatic N) is 1. The number of hydrogen-bond acceptors (Lipinski definition) is 3. The lowest BCUT2D eigenvalue weighted by Crippen LogP contribution is -2.41. The molecule has 4 heteroatoms. The van der Waals surface area contributed by atoms with E-state index in [1.165, 1.54) is 0 Å². The fourth-order valence-electron chi connectivity index (χ4n) is 2.61. The Bertz CT molecular complexity index is 365. The van der Waals surface area contributed by atoms with Gasteiger partial charge in [-0.15, -0.1) is 6.58 Å². The van der Waals surface area contributed by atoms with Gasteiger partial charge < -0.3 is 9.64 Å². The van der Waals surface area contributed by atoms with E-state index in [2.05, 4.69) is 13.2 Å². The van der Waals surface area contributed by atoms with Crippen LogP contribution in [-0.4, -0.2) is 36.0 Å². The van der Waals surface area contributed by atoms with Crippen LogP contribution < -0.4 is 0 Å². The fourth-order valence-corrected chi connectivity index (χ4v) is 2.61. The first kappa shape index (κ1) is 17.5. The molecule has 1 atom stereocenters. The summed E-state index contributed by atoms with van der Waals surface area (Å²) in [5.74, 6) is -0.219. The van der Waals surface area contributed by atoms with Gasteiger partial charge in [-0.1, -0.05) is 31.6 Å². The van der Waals surface area contributed by atoms with Gasteiger partial charge in [0.2, 0.25) is 5.91 Å². The number of hydrogen-bond donors (Lipinski definition) is 0. The highest BCUT2D eigenvalue weighted by Gasteiger charge is 2.34. The summed E-state index contributed by atoms with van der Waals surface area (Å²) in [5, 5.41) is 0. The second kappa shape index (κ2) is 10.2. The number of allylic oxidation sites excluding steroid dienone is 1. The Hall–Kier alpha value is -1.58. The molecule has 1 amide bonds. The maximum Gasteiger partial charge on any atom is 0.329 e. The summed E-state index contributed by atoms with van der Waals surface area (Å²) in [5.41, 5.74) is 0. The predicted molar refractivity (Wildman–Crippen MR) is 83.8 cm³/mol. The molecular weight excluding hydrogens is 266 g/mol. The summed E-state index contributed by atoms with van der Waals surface area (Å²) in [4.78, 5) is 25.8. The molecule has 1 fully saturated rings. The molecular formula is C17H27NO3. The Morgan fingerprint density at radius 3 is 2.62 bits per heavy atom. The van der Waals surface area contributed by atoms with Gasteiger partial charge in [0.15, 0.2) is 0 Å². The molecule has 118 valence electrons. The Morgan fingerprint density at radius 1 is 1.14 bits per heavy atom. The van der Waals surface area contributed by atoms with Crippen LogP contribution in [-0.2, 0) is 14.3 Å². The van der Waals surface area contributed by atoms with Crippen molar-refractivity contribution in [3.05, 3.63) is 25.3 Å². The summed E-state index contributed by atoms with van der Waals surface area (Å²) < 4.78 is 5.07. The lowest BCUT2D eigenvalue weighted by atomic mass is 10.1. The fraction of sp³-hybridized carbons (Fsp3) is 0.647. The van der Waals surface area contributed by atoms with Crippen LogP contribution in [0.3, 0.4) is 0 Å². The number of esters is 1. The van der Waals surface area contributed by atoms with Gasteiger partial charge in [-0.2, -0.15) is 0 Å². The van der Waals surface area contributed by atoms with Gasteiger partial charge in [-0.05, 0) is 32.1 Å². The molecule has 0 aromatic rings. The Labute approximate surface area is 127 Å². The molecule has 1 aliphatic heterocycles. The van der Waals surface area contributed by atoms with Crippen molar-refractivity contribution in [1.29, 1.82) is 0 Å². The van der Waals surface area contributed by atoms with Gasteiger partial charge >= 0.3 is 5.97 Å². The zero-order valence-electron chi connectivity index (χ0n) is 12.9. The zero-order valence-corrected chi connectivity index (χ0v) is 12.9. The SMILES string of the molecule is C=CCCCCCCC(=O)N1CCCC1C(=O)OCC=C. The van der Waals surface area contributed by atoms with Gasteiger partial charge in [0.25, 0.3) is 0 Å². The molecule has 4 nitrogen and oxygen atoms in total. The second-order valence-corrected chi connectivity index (χ2v) is 5.41. The minimum atomic E-state index is -0.391. The van der Waals surface area contributed by atoms with E-state index in [0.29, 0.717) is 19.4 Å². The van der Waals surface area contributed by atoms with E-state index in [0.717, 1.165) is 38.5 Å². The van der Waals surface area contributed by atoms with Crippen LogP contribution in [0.25, 0.3) is 0 Å². The van der Waals surface area contributed by atoms with E-state index in [4.69, 9.17) is 4.74 Å². The molecule has 0 spiro atoms. The molecule has 0 aromatic carbocycles. The number of carbonyl (C=O) groups is 2. The number of ether oxygens (including phenoxy) is 1. The lowest BCUT2D eigenvalue weighted by molar-refractivity contribution is -0.152. The normalized spacial score (nSPS) is 17.5. The molecule has 0 bridgehead atoms. The minimum Gasteiger partial charge on any atom is -0.460 e. The van der Waals surface area contributed by atoms with Gasteiger partial charge in [0.05, 0.1) is 0 Å². The van der Waals surface area contributed by atoms with Crippen molar-refractivity contribution in [2.45, 2.75) is 57.4 Å². The van der Waals surface area contributed by atoms with Gasteiger partial charge in [-0.3, -0.25) is 4.79 Å². The molecule has 0 radical (unpaired) electrons. The quantitative estimate of drug-likeness (QED) is 0.353. The third kappa shape index (κ3) is 6.15. The number of amides is 1. The minimum absolute atomic E-state index is 0.0803. The summed E-state index contributed by atoms with van der Waals surface area (Å²) in [6.45, 7) is 8.09. The highest BCUT2D eigenvalue weighted by atomic mass is 16.5. The molecule has 1 heterocycles. The Balaban J connectivity index is 2.29. The van der Waals surface area contributed by atoms with Crippen molar-refractivity contribution in [2.24, 2.45) is 0 Å². The summed E-state index contributed by atoms with van der Waals surface area (Å²) in [6, 6.07) is -0.391. The molecule has 0 aromatic heterocycles. The van der Waals surface area contributed by atoms with Crippen molar-refractivity contribution < 1.29 is 14.3 Å². The highest BCUT2D eigenvalue weighted by Crippen LogP contribution is 2.20. The largest absolute Gasteiger partial charge is 0.460 e. The van der Waals surface area contributed by atoms with Crippen molar-refractivity contribution >= 4 is 11.9 Å². The molecule has 0 saturated carbocycles. The van der Waals surface area contributed by atoms with E-state index in [1.807, 2.05) is 6.08 Å². The van der Waals surface area contributed by atoms with E-state index in [-0.39, 0.29) is 18.5 Å². The lowest BCUT2D eigenvalue weighted by Gasteiger charge is -2.23. The molecule has 1 aliphatic rings. The van der Waals surface area contributed by atoms with Crippen LogP contribution >= 0.6 is 0 Å². The highest BCUT2D eigenvalue weighted by molar-refractivity contribution is 5.85. The van der Waals surface area contributed by atoms with E-state index in [9.17, 15) is 9.59 Å². The monoisotopic (exact) mass is 293 g/mol. The van der Waals surface area contributed by atoms with Crippen LogP contribution in [0.5, 0.6) is 0 Å². The van der Waals surface area contributed by atoms with Crippen molar-refractivity contribution in [3.63, 3.8) is 0 Å². The standard InChI is InChI=1S/C17H27NO3/c1-3-5-6-7-8-9-12-16(19)18-13-10-11-15(18)17(20)21-14-4-2/h3-4,15H,1-2,5-14H2. The average molecular weight is 293 g/mol. The number of rotatable bonds is 10. The third-order valence-electron chi connectivity index (χ3n) is 3.74. The van der Waals surface area contributed by atoms with Crippen LogP contribution in [0.1, 0.15) is 51.4 Å². The Morgan fingerprint density at radius 2 is 1.90 bits per heavy atom. The van der Waals surface area contributed by atoms with E-state index < -0.39 is 6.04 Å². The number of likely N-dealkylation sites (tertiary alicyclic amines) is 1. The van der Waals surface area contributed by atoms with Crippen molar-refractivity contribution in [2.75, 3.05) is 13.2 Å². The maximum absolute atomic E-state index is 12.2. The third-order valence-corrected chi connectivity index (χ3v) is 3.74. The average Bonchev–Trinajstić information content (AvgIpc) is 2.97. The number of carbonyl (C=O) groups excluding carboxylic acids is 2. The first-order valence-electron chi connectivity index (χ1n) is 7.88. The number of unbranched alkanes of at least 4 members (excludes halogenated alkanes) is 4. The summed E-state index contributed by atoms with van der Waals surface area (Å²) in [6.07, 6.45) is 10.8. The molecule has 21 heavy (non-hydrogen) atoms. The smallest absolute Gasteiger partial charge is 0.329 e. The Kier molecular flexibility index (Phi) is 8.48. The second-order valence-electron chi connectivity index (χ2n) is 5.41. The zero-order chi connectivity index (χ0) is 15.5. The van der Waals surface area contributed by atoms with Crippen molar-refractivity contribution in [3.8, 4) is 0 Å². The van der Waals surface area contributed by atoms with Crippen molar-refractivity contribution in [1.82, 2.24) is 4.90 Å². The molecule has 1 saturated heterocycles. The topological polar surface area (TPSA) is 46.6 Å². The molecule has 0 aliphatic carbocycles. The van der Waals surface area contributed by atoms with Crippen LogP contribution in [0, 0.1) is 0 Å². The molecule has 0 N–H and O–H groups in total. The molecule has 1 unspecified atom stereocenters. The molecule has 1 rings (SSSR count). The summed E-state index contributed by atoms with van der Waals surface area (Å²) in [7, 11) is 0. The van der Waals surface area contributed by atoms with Crippen LogP contribution in [0.2, 0.25) is 0 Å². The van der Waals surface area contributed by atoms with Crippen LogP contribution in [0.15, 0.2) is 25.3 Å².